The zero-order valence-electron chi connectivity index (χ0n) is 14.8. The second kappa shape index (κ2) is 8.96. The van der Waals surface area contributed by atoms with Crippen LogP contribution in [0.25, 0.3) is 10.8 Å². The fourth-order valence-electron chi connectivity index (χ4n) is 2.87. The van der Waals surface area contributed by atoms with Crippen LogP contribution in [0.4, 0.5) is 0 Å². The monoisotopic (exact) mass is 363 g/mol. The predicted molar refractivity (Wildman–Crippen MR) is 103 cm³/mol. The molecule has 1 amide bonds. The van der Waals surface area contributed by atoms with E-state index in [-0.39, 0.29) is 13.0 Å². The van der Waals surface area contributed by atoms with Crippen LogP contribution in [0.3, 0.4) is 0 Å². The van der Waals surface area contributed by atoms with Crippen LogP contribution in [0.1, 0.15) is 11.1 Å². The highest BCUT2D eigenvalue weighted by molar-refractivity contribution is 5.85. The smallest absolute Gasteiger partial charge is 0.326 e. The summed E-state index contributed by atoms with van der Waals surface area (Å²) in [5.41, 5.74) is 1.81. The Morgan fingerprint density at radius 2 is 1.59 bits per heavy atom. The maximum Gasteiger partial charge on any atom is 0.326 e. The van der Waals surface area contributed by atoms with Crippen molar-refractivity contribution in [3.8, 4) is 0 Å². The van der Waals surface area contributed by atoms with Gasteiger partial charge >= 0.3 is 5.97 Å². The molecule has 0 bridgehead atoms. The van der Waals surface area contributed by atoms with Gasteiger partial charge < -0.3 is 15.2 Å². The highest BCUT2D eigenvalue weighted by Crippen LogP contribution is 2.16. The summed E-state index contributed by atoms with van der Waals surface area (Å²) in [4.78, 5) is 23.6. The summed E-state index contributed by atoms with van der Waals surface area (Å²) >= 11 is 0. The van der Waals surface area contributed by atoms with E-state index in [1.54, 1.807) is 0 Å². The van der Waals surface area contributed by atoms with Crippen LogP contribution in [0, 0.1) is 0 Å². The number of amides is 1. The first-order valence-corrected chi connectivity index (χ1v) is 8.73. The zero-order valence-corrected chi connectivity index (χ0v) is 14.8. The van der Waals surface area contributed by atoms with Crippen LogP contribution in [0.5, 0.6) is 0 Å². The van der Waals surface area contributed by atoms with Gasteiger partial charge in [-0.05, 0) is 21.9 Å². The maximum absolute atomic E-state index is 12.1. The van der Waals surface area contributed by atoms with Gasteiger partial charge in [-0.1, -0.05) is 72.8 Å². The van der Waals surface area contributed by atoms with Crippen molar-refractivity contribution in [1.29, 1.82) is 0 Å². The molecular formula is C22H21NO4. The average Bonchev–Trinajstić information content (AvgIpc) is 2.68. The Kier molecular flexibility index (Phi) is 6.18. The Morgan fingerprint density at radius 3 is 2.33 bits per heavy atom. The Bertz CT molecular complexity index is 924. The fraction of sp³-hybridized carbons (Fsp3) is 0.182. The minimum atomic E-state index is -1.07. The molecule has 5 nitrogen and oxygen atoms in total. The van der Waals surface area contributed by atoms with E-state index in [1.165, 1.54) is 0 Å². The van der Waals surface area contributed by atoms with Gasteiger partial charge in [0, 0.05) is 6.42 Å². The van der Waals surface area contributed by atoms with E-state index in [0.717, 1.165) is 21.9 Å². The van der Waals surface area contributed by atoms with Crippen LogP contribution in [0.2, 0.25) is 0 Å². The minimum Gasteiger partial charge on any atom is -0.480 e. The number of ether oxygens (including phenoxy) is 1. The Morgan fingerprint density at radius 1 is 0.889 bits per heavy atom. The van der Waals surface area contributed by atoms with Crippen molar-refractivity contribution in [2.24, 2.45) is 0 Å². The molecule has 0 aliphatic rings. The summed E-state index contributed by atoms with van der Waals surface area (Å²) in [7, 11) is 0. The molecule has 3 aromatic carbocycles. The van der Waals surface area contributed by atoms with Gasteiger partial charge in [0.15, 0.2) is 0 Å². The van der Waals surface area contributed by atoms with E-state index in [1.807, 2.05) is 72.8 Å². The Balaban J connectivity index is 1.56. The van der Waals surface area contributed by atoms with Crippen LogP contribution < -0.4 is 5.32 Å². The number of fused-ring (bicyclic) bond motifs is 1. The third-order valence-electron chi connectivity index (χ3n) is 4.23. The fourth-order valence-corrected chi connectivity index (χ4v) is 2.87. The molecule has 0 saturated carbocycles. The first-order valence-electron chi connectivity index (χ1n) is 8.73. The second-order valence-electron chi connectivity index (χ2n) is 6.32. The quantitative estimate of drug-likeness (QED) is 0.645. The van der Waals surface area contributed by atoms with Gasteiger partial charge in [-0.2, -0.15) is 0 Å². The Labute approximate surface area is 157 Å². The lowest BCUT2D eigenvalue weighted by molar-refractivity contribution is -0.142. The van der Waals surface area contributed by atoms with E-state index in [4.69, 9.17) is 4.74 Å². The van der Waals surface area contributed by atoms with Crippen molar-refractivity contribution in [3.63, 3.8) is 0 Å². The molecule has 0 aliphatic carbocycles. The third kappa shape index (κ3) is 5.39. The lowest BCUT2D eigenvalue weighted by Gasteiger charge is -2.15. The molecule has 0 heterocycles. The van der Waals surface area contributed by atoms with Crippen LogP contribution in [-0.4, -0.2) is 29.6 Å². The zero-order chi connectivity index (χ0) is 19.1. The molecule has 27 heavy (non-hydrogen) atoms. The number of rotatable bonds is 8. The molecule has 0 aromatic heterocycles. The first-order chi connectivity index (χ1) is 13.1. The van der Waals surface area contributed by atoms with Gasteiger partial charge in [0.1, 0.15) is 12.6 Å². The molecular weight excluding hydrogens is 342 g/mol. The number of carboxylic acid groups (broad SMARTS) is 1. The average molecular weight is 363 g/mol. The molecule has 3 aromatic rings. The van der Waals surface area contributed by atoms with E-state index >= 15 is 0 Å². The summed E-state index contributed by atoms with van der Waals surface area (Å²) in [6, 6.07) is 22.1. The molecule has 138 valence electrons. The highest BCUT2D eigenvalue weighted by Gasteiger charge is 2.20. The van der Waals surface area contributed by atoms with Gasteiger partial charge in [0.05, 0.1) is 6.61 Å². The van der Waals surface area contributed by atoms with Crippen molar-refractivity contribution in [3.05, 3.63) is 83.9 Å². The summed E-state index contributed by atoms with van der Waals surface area (Å²) in [5.74, 6) is -1.52. The van der Waals surface area contributed by atoms with Crippen molar-refractivity contribution >= 4 is 22.6 Å². The van der Waals surface area contributed by atoms with E-state index in [2.05, 4.69) is 5.32 Å². The van der Waals surface area contributed by atoms with Gasteiger partial charge in [-0.3, -0.25) is 4.79 Å². The molecule has 0 aliphatic heterocycles. The van der Waals surface area contributed by atoms with E-state index in [0.29, 0.717) is 6.61 Å². The molecule has 1 atom stereocenters. The molecule has 0 spiro atoms. The van der Waals surface area contributed by atoms with Gasteiger partial charge in [-0.15, -0.1) is 0 Å². The molecule has 3 rings (SSSR count). The lowest BCUT2D eigenvalue weighted by atomic mass is 10.0. The summed E-state index contributed by atoms with van der Waals surface area (Å²) in [5, 5.41) is 14.1. The Hall–Kier alpha value is -3.18. The largest absolute Gasteiger partial charge is 0.480 e. The molecule has 0 radical (unpaired) electrons. The van der Waals surface area contributed by atoms with Crippen LogP contribution in [-0.2, 0) is 27.4 Å². The molecule has 0 unspecified atom stereocenters. The SMILES string of the molecule is O=C(COCc1ccccc1)N[C@@H](Cc1ccc2ccccc2c1)C(=O)O. The highest BCUT2D eigenvalue weighted by atomic mass is 16.5. The molecule has 0 saturated heterocycles. The standard InChI is InChI=1S/C22H21NO4/c24-21(15-27-14-16-6-2-1-3-7-16)23-20(22(25)26)13-17-10-11-18-8-4-5-9-19(18)12-17/h1-12,20H,13-15H2,(H,23,24)(H,25,26)/t20-/m0/s1. The van der Waals surface area contributed by atoms with Gasteiger partial charge in [0.25, 0.3) is 0 Å². The summed E-state index contributed by atoms with van der Waals surface area (Å²) < 4.78 is 5.37. The number of carbonyl (C=O) groups excluding carboxylic acids is 1. The molecule has 5 heteroatoms. The topological polar surface area (TPSA) is 75.6 Å². The molecule has 0 fully saturated rings. The number of hydrogen-bond donors (Lipinski definition) is 2. The third-order valence-corrected chi connectivity index (χ3v) is 4.23. The number of aliphatic carboxylic acids is 1. The number of carboxylic acids is 1. The molecule has 2 N–H and O–H groups in total. The first kappa shape index (κ1) is 18.6. The maximum atomic E-state index is 12.1. The summed E-state index contributed by atoms with van der Waals surface area (Å²) in [6.07, 6.45) is 0.213. The number of hydrogen-bond acceptors (Lipinski definition) is 3. The van der Waals surface area contributed by atoms with Crippen molar-refractivity contribution in [1.82, 2.24) is 5.32 Å². The van der Waals surface area contributed by atoms with Crippen molar-refractivity contribution in [2.75, 3.05) is 6.61 Å². The normalized spacial score (nSPS) is 11.9. The van der Waals surface area contributed by atoms with E-state index < -0.39 is 17.9 Å². The number of carbonyl (C=O) groups is 2. The van der Waals surface area contributed by atoms with Gasteiger partial charge in [-0.25, -0.2) is 4.79 Å². The second-order valence-corrected chi connectivity index (χ2v) is 6.32. The minimum absolute atomic E-state index is 0.184. The summed E-state index contributed by atoms with van der Waals surface area (Å²) in [6.45, 7) is 0.118. The lowest BCUT2D eigenvalue weighted by Crippen LogP contribution is -2.43. The predicted octanol–water partition coefficient (Wildman–Crippen LogP) is 3.17. The number of nitrogens with one attached hydrogen (secondary N) is 1. The van der Waals surface area contributed by atoms with Gasteiger partial charge in [0.2, 0.25) is 5.91 Å². The van der Waals surface area contributed by atoms with Crippen molar-refractivity contribution < 1.29 is 19.4 Å². The number of benzene rings is 3. The van der Waals surface area contributed by atoms with Crippen molar-refractivity contribution in [2.45, 2.75) is 19.1 Å². The van der Waals surface area contributed by atoms with E-state index in [9.17, 15) is 14.7 Å². The van der Waals surface area contributed by atoms with Crippen LogP contribution in [0.15, 0.2) is 72.8 Å². The van der Waals surface area contributed by atoms with Crippen LogP contribution >= 0.6 is 0 Å².